The van der Waals surface area contributed by atoms with Gasteiger partial charge in [0.15, 0.2) is 5.03 Å². The number of amides is 2. The SMILES string of the molecule is CC(C)(C)N(C(=O)O)S(=O)(=O)c1cc(NC(=O)c2cc(Br)cnc2N2CCC(F)(F)CC2)ccn1. The lowest BCUT2D eigenvalue weighted by Gasteiger charge is -2.33. The van der Waals surface area contributed by atoms with E-state index in [9.17, 15) is 31.9 Å². The number of rotatable bonds is 5. The lowest BCUT2D eigenvalue weighted by atomic mass is 10.1. The largest absolute Gasteiger partial charge is 0.464 e. The topological polar surface area (TPSA) is 133 Å². The van der Waals surface area contributed by atoms with Gasteiger partial charge in [0.2, 0.25) is 0 Å². The summed E-state index contributed by atoms with van der Waals surface area (Å²) in [4.78, 5) is 34.4. The molecule has 0 saturated carbocycles. The van der Waals surface area contributed by atoms with Gasteiger partial charge in [0.05, 0.1) is 11.1 Å². The van der Waals surface area contributed by atoms with E-state index in [1.807, 2.05) is 0 Å². The molecule has 1 saturated heterocycles. The molecule has 1 aliphatic heterocycles. The number of carbonyl (C=O) groups is 2. The average Bonchev–Trinajstić information content (AvgIpc) is 2.72. The molecule has 0 aromatic carbocycles. The van der Waals surface area contributed by atoms with Gasteiger partial charge in [0.25, 0.3) is 21.9 Å². The number of sulfonamides is 1. The number of halogens is 3. The van der Waals surface area contributed by atoms with E-state index in [1.54, 1.807) is 4.90 Å². The summed E-state index contributed by atoms with van der Waals surface area (Å²) in [5.74, 6) is -3.22. The van der Waals surface area contributed by atoms with Crippen LogP contribution < -0.4 is 10.2 Å². The quantitative estimate of drug-likeness (QED) is 0.542. The molecular weight excluding hydrogens is 552 g/mol. The summed E-state index contributed by atoms with van der Waals surface area (Å²) in [6, 6.07) is 3.86. The smallest absolute Gasteiger partial charge is 0.421 e. The first kappa shape index (κ1) is 26.7. The van der Waals surface area contributed by atoms with Crippen LogP contribution in [0.2, 0.25) is 0 Å². The monoisotopic (exact) mass is 575 g/mol. The van der Waals surface area contributed by atoms with E-state index in [2.05, 4.69) is 31.2 Å². The van der Waals surface area contributed by atoms with Crippen molar-refractivity contribution in [1.29, 1.82) is 0 Å². The van der Waals surface area contributed by atoms with Gasteiger partial charge in [-0.1, -0.05) is 0 Å². The van der Waals surface area contributed by atoms with Gasteiger partial charge in [-0.25, -0.2) is 23.5 Å². The first-order chi connectivity index (χ1) is 16.1. The molecule has 2 amide bonds. The molecule has 0 radical (unpaired) electrons. The van der Waals surface area contributed by atoms with Crippen molar-refractivity contribution in [3.8, 4) is 0 Å². The molecule has 2 N–H and O–H groups in total. The molecule has 190 valence electrons. The number of nitrogens with one attached hydrogen (secondary N) is 1. The van der Waals surface area contributed by atoms with Crippen LogP contribution >= 0.6 is 15.9 Å². The highest BCUT2D eigenvalue weighted by molar-refractivity contribution is 9.10. The van der Waals surface area contributed by atoms with Crippen LogP contribution in [0.4, 0.5) is 25.1 Å². The van der Waals surface area contributed by atoms with Gasteiger partial charge in [-0.05, 0) is 48.8 Å². The van der Waals surface area contributed by atoms with Crippen LogP contribution in [0.25, 0.3) is 0 Å². The standard InChI is InChI=1S/C21H24BrF2N5O5S/c1-20(2,3)29(19(31)32)35(33,34)16-11-14(4-7-25-16)27-18(30)15-10-13(22)12-26-17(15)28-8-5-21(23,24)6-9-28/h4,7,10-12H,5-6,8-9H2,1-3H3,(H,31,32)(H,25,27,30). The van der Waals surface area contributed by atoms with Crippen molar-refractivity contribution >= 4 is 49.5 Å². The minimum Gasteiger partial charge on any atom is -0.464 e. The Labute approximate surface area is 209 Å². The van der Waals surface area contributed by atoms with Gasteiger partial charge in [-0.2, -0.15) is 12.7 Å². The highest BCUT2D eigenvalue weighted by Crippen LogP contribution is 2.32. The number of piperidine rings is 1. The van der Waals surface area contributed by atoms with E-state index in [4.69, 9.17) is 0 Å². The van der Waals surface area contributed by atoms with Crippen molar-refractivity contribution in [2.75, 3.05) is 23.3 Å². The number of aromatic nitrogens is 2. The third kappa shape index (κ3) is 6.04. The maximum Gasteiger partial charge on any atom is 0.421 e. The predicted octanol–water partition coefficient (Wildman–Crippen LogP) is 4.19. The number of nitrogens with zero attached hydrogens (tertiary/aromatic N) is 4. The zero-order valence-electron chi connectivity index (χ0n) is 19.1. The summed E-state index contributed by atoms with van der Waals surface area (Å²) in [6.07, 6.45) is 0.155. The molecule has 0 bridgehead atoms. The highest BCUT2D eigenvalue weighted by atomic mass is 79.9. The number of anilines is 2. The number of carbonyl (C=O) groups excluding carboxylic acids is 1. The maximum atomic E-state index is 13.6. The molecule has 14 heteroatoms. The molecule has 0 spiro atoms. The van der Waals surface area contributed by atoms with Crippen LogP contribution in [-0.2, 0) is 10.0 Å². The Morgan fingerprint density at radius 3 is 2.40 bits per heavy atom. The molecule has 0 aliphatic carbocycles. The normalized spacial score (nSPS) is 16.0. The molecule has 1 aliphatic rings. The number of hydrogen-bond acceptors (Lipinski definition) is 7. The Kier molecular flexibility index (Phi) is 7.37. The Bertz CT molecular complexity index is 1240. The highest BCUT2D eigenvalue weighted by Gasteiger charge is 2.39. The predicted molar refractivity (Wildman–Crippen MR) is 127 cm³/mol. The van der Waals surface area contributed by atoms with E-state index in [-0.39, 0.29) is 47.3 Å². The maximum absolute atomic E-state index is 13.6. The van der Waals surface area contributed by atoms with E-state index >= 15 is 0 Å². The number of carboxylic acid groups (broad SMARTS) is 1. The Balaban J connectivity index is 1.91. The Morgan fingerprint density at radius 2 is 1.83 bits per heavy atom. The molecule has 3 rings (SSSR count). The molecule has 10 nitrogen and oxygen atoms in total. The molecule has 35 heavy (non-hydrogen) atoms. The molecule has 2 aromatic heterocycles. The zero-order valence-corrected chi connectivity index (χ0v) is 21.5. The van der Waals surface area contributed by atoms with Gasteiger partial charge in [-0.15, -0.1) is 0 Å². The summed E-state index contributed by atoms with van der Waals surface area (Å²) in [6.45, 7) is 4.28. The molecular formula is C21H24BrF2N5O5S. The minimum atomic E-state index is -4.55. The second kappa shape index (κ2) is 9.64. The summed E-state index contributed by atoms with van der Waals surface area (Å²) >= 11 is 3.25. The van der Waals surface area contributed by atoms with E-state index < -0.39 is 38.5 Å². The fourth-order valence-electron chi connectivity index (χ4n) is 3.57. The summed E-state index contributed by atoms with van der Waals surface area (Å²) in [7, 11) is -4.55. The van der Waals surface area contributed by atoms with Crippen molar-refractivity contribution in [2.45, 2.75) is 50.1 Å². The summed E-state index contributed by atoms with van der Waals surface area (Å²) in [5.41, 5.74) is -1.15. The van der Waals surface area contributed by atoms with Gasteiger partial charge in [0, 0.05) is 54.6 Å². The fourth-order valence-corrected chi connectivity index (χ4v) is 5.48. The zero-order chi connectivity index (χ0) is 26.2. The first-order valence-electron chi connectivity index (χ1n) is 10.5. The van der Waals surface area contributed by atoms with Gasteiger partial charge in [-0.3, -0.25) is 4.79 Å². The Hall–Kier alpha value is -2.87. The number of pyridine rings is 2. The summed E-state index contributed by atoms with van der Waals surface area (Å²) < 4.78 is 53.9. The van der Waals surface area contributed by atoms with Gasteiger partial charge < -0.3 is 15.3 Å². The average molecular weight is 576 g/mol. The van der Waals surface area contributed by atoms with Gasteiger partial charge in [0.1, 0.15) is 5.82 Å². The molecule has 2 aromatic rings. The van der Waals surface area contributed by atoms with Crippen LogP contribution in [0.3, 0.4) is 0 Å². The number of alkyl halides is 2. The van der Waals surface area contributed by atoms with Crippen LogP contribution in [0.1, 0.15) is 44.0 Å². The molecule has 0 atom stereocenters. The van der Waals surface area contributed by atoms with Crippen molar-refractivity contribution in [2.24, 2.45) is 0 Å². The lowest BCUT2D eigenvalue weighted by Crippen LogP contribution is -2.48. The van der Waals surface area contributed by atoms with E-state index in [0.29, 0.717) is 4.47 Å². The van der Waals surface area contributed by atoms with Crippen LogP contribution in [0.5, 0.6) is 0 Å². The molecule has 3 heterocycles. The first-order valence-corrected chi connectivity index (χ1v) is 12.7. The van der Waals surface area contributed by atoms with Crippen molar-refractivity contribution in [1.82, 2.24) is 14.3 Å². The lowest BCUT2D eigenvalue weighted by molar-refractivity contribution is -0.0221. The molecule has 0 unspecified atom stereocenters. The van der Waals surface area contributed by atoms with Crippen molar-refractivity contribution in [3.63, 3.8) is 0 Å². The van der Waals surface area contributed by atoms with Crippen molar-refractivity contribution < 1.29 is 31.9 Å². The van der Waals surface area contributed by atoms with E-state index in [0.717, 1.165) is 12.3 Å². The fraction of sp³-hybridized carbons (Fsp3) is 0.429. The number of hydrogen-bond donors (Lipinski definition) is 2. The second-order valence-electron chi connectivity index (χ2n) is 8.93. The van der Waals surface area contributed by atoms with E-state index in [1.165, 1.54) is 39.1 Å². The molecule has 1 fully saturated rings. The van der Waals surface area contributed by atoms with Crippen LogP contribution in [-0.4, -0.2) is 64.3 Å². The summed E-state index contributed by atoms with van der Waals surface area (Å²) in [5, 5.41) is 11.5. The minimum absolute atomic E-state index is 0.0113. The van der Waals surface area contributed by atoms with Gasteiger partial charge >= 0.3 is 6.09 Å². The third-order valence-corrected chi connectivity index (χ3v) is 7.52. The van der Waals surface area contributed by atoms with Crippen LogP contribution in [0.15, 0.2) is 40.1 Å². The Morgan fingerprint density at radius 1 is 1.20 bits per heavy atom. The van der Waals surface area contributed by atoms with Crippen LogP contribution in [0, 0.1) is 0 Å². The second-order valence-corrected chi connectivity index (χ2v) is 11.6. The van der Waals surface area contributed by atoms with Crippen molar-refractivity contribution in [3.05, 3.63) is 40.6 Å². The third-order valence-electron chi connectivity index (χ3n) is 5.15.